The Morgan fingerprint density at radius 3 is 2.54 bits per heavy atom. The van der Waals surface area contributed by atoms with Gasteiger partial charge in [0.1, 0.15) is 0 Å². The van der Waals surface area contributed by atoms with Gasteiger partial charge in [0.05, 0.1) is 11.1 Å². The van der Waals surface area contributed by atoms with E-state index in [-0.39, 0.29) is 4.90 Å². The molecule has 0 aliphatic heterocycles. The summed E-state index contributed by atoms with van der Waals surface area (Å²) in [6, 6.07) is 7.96. The van der Waals surface area contributed by atoms with Crippen LogP contribution in [0.1, 0.15) is 5.56 Å². The molecule has 0 saturated carbocycles. The van der Waals surface area contributed by atoms with Crippen molar-refractivity contribution in [3.8, 4) is 11.1 Å². The highest BCUT2D eigenvalue weighted by molar-refractivity contribution is 7.90. The fraction of sp³-hybridized carbons (Fsp3) is 0. The number of H-pyrrole nitrogens is 1. The van der Waals surface area contributed by atoms with Gasteiger partial charge in [0.2, 0.25) is 0 Å². The molecule has 0 spiro atoms. The number of hydrogen-bond donors (Lipinski definition) is 2. The monoisotopic (exact) mass is 343 g/mol. The molecule has 0 unspecified atom stereocenters. The molecule has 0 aliphatic rings. The molecular weight excluding hydrogens is 330 g/mol. The van der Waals surface area contributed by atoms with Crippen molar-refractivity contribution in [3.05, 3.63) is 66.8 Å². The quantitative estimate of drug-likeness (QED) is 0.691. The topological polar surface area (TPSA) is 105 Å². The number of nitrogens with zero attached hydrogens (tertiary/aromatic N) is 2. The highest BCUT2D eigenvalue weighted by Gasteiger charge is 2.16. The second kappa shape index (κ2) is 6.17. The van der Waals surface area contributed by atoms with Gasteiger partial charge in [-0.15, -0.1) is 0 Å². The molecule has 1 aromatic carbocycles. The van der Waals surface area contributed by atoms with Crippen molar-refractivity contribution < 1.29 is 18.3 Å². The fourth-order valence-electron chi connectivity index (χ4n) is 2.16. The van der Waals surface area contributed by atoms with E-state index in [0.29, 0.717) is 5.56 Å². The van der Waals surface area contributed by atoms with Crippen molar-refractivity contribution in [3.63, 3.8) is 0 Å². The molecule has 0 radical (unpaired) electrons. The Morgan fingerprint density at radius 2 is 1.92 bits per heavy atom. The summed E-state index contributed by atoms with van der Waals surface area (Å²) in [4.78, 5) is 10.6. The average Bonchev–Trinajstić information content (AvgIpc) is 3.25. The van der Waals surface area contributed by atoms with Crippen LogP contribution in [0.3, 0.4) is 0 Å². The SMILES string of the molecule is O=C(O)/C=C/c1ccn(S(=O)(=O)c2ccc(-c3cn[nH]c3)cc2)c1. The van der Waals surface area contributed by atoms with Crippen molar-refractivity contribution in [2.24, 2.45) is 0 Å². The first kappa shape index (κ1) is 15.8. The molecule has 3 aromatic rings. The van der Waals surface area contributed by atoms with Gasteiger partial charge in [-0.05, 0) is 35.4 Å². The van der Waals surface area contributed by atoms with Crippen molar-refractivity contribution in [1.82, 2.24) is 14.2 Å². The summed E-state index contributed by atoms with van der Waals surface area (Å²) >= 11 is 0. The van der Waals surface area contributed by atoms with Crippen LogP contribution in [0.15, 0.2) is 66.1 Å². The Labute approximate surface area is 137 Å². The smallest absolute Gasteiger partial charge is 0.328 e. The molecule has 24 heavy (non-hydrogen) atoms. The third-order valence-corrected chi connectivity index (χ3v) is 5.02. The predicted molar refractivity (Wildman–Crippen MR) is 87.7 cm³/mol. The molecule has 3 rings (SSSR count). The van der Waals surface area contributed by atoms with Gasteiger partial charge in [0.25, 0.3) is 10.0 Å². The van der Waals surface area contributed by atoms with Crippen LogP contribution >= 0.6 is 0 Å². The zero-order chi connectivity index (χ0) is 17.2. The number of aliphatic carboxylic acids is 1. The Hall–Kier alpha value is -3.13. The van der Waals surface area contributed by atoms with Gasteiger partial charge in [0.15, 0.2) is 0 Å². The maximum atomic E-state index is 12.6. The second-order valence-electron chi connectivity index (χ2n) is 4.96. The maximum absolute atomic E-state index is 12.6. The van der Waals surface area contributed by atoms with E-state index < -0.39 is 16.0 Å². The van der Waals surface area contributed by atoms with Crippen LogP contribution in [0.4, 0.5) is 0 Å². The highest BCUT2D eigenvalue weighted by Crippen LogP contribution is 2.22. The van der Waals surface area contributed by atoms with Gasteiger partial charge in [0, 0.05) is 30.2 Å². The van der Waals surface area contributed by atoms with E-state index in [1.807, 2.05) is 0 Å². The number of aromatic amines is 1. The number of carboxylic acids is 1. The van der Waals surface area contributed by atoms with Crippen molar-refractivity contribution >= 4 is 22.1 Å². The van der Waals surface area contributed by atoms with E-state index in [1.165, 1.54) is 36.7 Å². The summed E-state index contributed by atoms with van der Waals surface area (Å²) in [5, 5.41) is 15.2. The third kappa shape index (κ3) is 3.13. The molecule has 0 saturated heterocycles. The van der Waals surface area contributed by atoms with Gasteiger partial charge in [-0.3, -0.25) is 5.10 Å². The summed E-state index contributed by atoms with van der Waals surface area (Å²) in [5.41, 5.74) is 2.19. The lowest BCUT2D eigenvalue weighted by Crippen LogP contribution is -2.10. The number of hydrogen-bond acceptors (Lipinski definition) is 4. The fourth-order valence-corrected chi connectivity index (χ4v) is 3.36. The molecule has 7 nitrogen and oxygen atoms in total. The molecule has 2 N–H and O–H groups in total. The number of carboxylic acid groups (broad SMARTS) is 1. The minimum atomic E-state index is -3.73. The van der Waals surface area contributed by atoms with Crippen molar-refractivity contribution in [2.75, 3.05) is 0 Å². The second-order valence-corrected chi connectivity index (χ2v) is 6.81. The van der Waals surface area contributed by atoms with E-state index in [9.17, 15) is 13.2 Å². The largest absolute Gasteiger partial charge is 0.478 e. The standard InChI is InChI=1S/C16H13N3O4S/c20-16(21)6-1-12-7-8-19(11-12)24(22,23)15-4-2-13(3-5-15)14-9-17-18-10-14/h1-11H,(H,17,18)(H,20,21)/b6-1+. The van der Waals surface area contributed by atoms with E-state index in [1.54, 1.807) is 24.5 Å². The van der Waals surface area contributed by atoms with Gasteiger partial charge in [-0.1, -0.05) is 12.1 Å². The molecular formula is C16H13N3O4S. The predicted octanol–water partition coefficient (Wildman–Crippen LogP) is 2.21. The Kier molecular flexibility index (Phi) is 4.05. The average molecular weight is 343 g/mol. The lowest BCUT2D eigenvalue weighted by molar-refractivity contribution is -0.131. The minimum absolute atomic E-state index is 0.138. The maximum Gasteiger partial charge on any atom is 0.328 e. The Bertz CT molecular complexity index is 984. The number of benzene rings is 1. The van der Waals surface area contributed by atoms with Gasteiger partial charge >= 0.3 is 5.97 Å². The van der Waals surface area contributed by atoms with E-state index in [4.69, 9.17) is 5.11 Å². The van der Waals surface area contributed by atoms with Gasteiger partial charge in [-0.2, -0.15) is 5.10 Å². The summed E-state index contributed by atoms with van der Waals surface area (Å²) in [6.45, 7) is 0. The summed E-state index contributed by atoms with van der Waals surface area (Å²) in [6.07, 6.45) is 8.38. The van der Waals surface area contributed by atoms with Crippen molar-refractivity contribution in [2.45, 2.75) is 4.90 Å². The lowest BCUT2D eigenvalue weighted by atomic mass is 10.1. The minimum Gasteiger partial charge on any atom is -0.478 e. The molecule has 0 atom stereocenters. The molecule has 0 aliphatic carbocycles. The highest BCUT2D eigenvalue weighted by atomic mass is 32.2. The zero-order valence-electron chi connectivity index (χ0n) is 12.3. The first-order valence-electron chi connectivity index (χ1n) is 6.90. The number of rotatable bonds is 5. The van der Waals surface area contributed by atoms with Gasteiger partial charge < -0.3 is 5.11 Å². The summed E-state index contributed by atoms with van der Waals surface area (Å²) in [7, 11) is -3.73. The summed E-state index contributed by atoms with van der Waals surface area (Å²) in [5.74, 6) is -1.10. The summed E-state index contributed by atoms with van der Waals surface area (Å²) < 4.78 is 26.2. The number of aromatic nitrogens is 3. The normalized spacial score (nSPS) is 11.8. The molecule has 2 aromatic heterocycles. The molecule has 2 heterocycles. The number of nitrogens with one attached hydrogen (secondary N) is 1. The van der Waals surface area contributed by atoms with E-state index >= 15 is 0 Å². The molecule has 0 amide bonds. The van der Waals surface area contributed by atoms with Crippen LogP contribution in [-0.4, -0.2) is 33.7 Å². The molecule has 122 valence electrons. The molecule has 0 fully saturated rings. The third-order valence-electron chi connectivity index (χ3n) is 3.37. The van der Waals surface area contributed by atoms with Crippen LogP contribution in [0.2, 0.25) is 0 Å². The first-order chi connectivity index (χ1) is 11.5. The van der Waals surface area contributed by atoms with Crippen LogP contribution < -0.4 is 0 Å². The van der Waals surface area contributed by atoms with Crippen LogP contribution in [-0.2, 0) is 14.8 Å². The van der Waals surface area contributed by atoms with Crippen LogP contribution in [0.25, 0.3) is 17.2 Å². The molecule has 8 heteroatoms. The lowest BCUT2D eigenvalue weighted by Gasteiger charge is -2.06. The van der Waals surface area contributed by atoms with Crippen LogP contribution in [0.5, 0.6) is 0 Å². The van der Waals surface area contributed by atoms with Crippen molar-refractivity contribution in [1.29, 1.82) is 0 Å². The Balaban J connectivity index is 1.89. The number of carbonyl (C=O) groups is 1. The van der Waals surface area contributed by atoms with E-state index in [0.717, 1.165) is 21.2 Å². The van der Waals surface area contributed by atoms with Crippen LogP contribution in [0, 0.1) is 0 Å². The van der Waals surface area contributed by atoms with Gasteiger partial charge in [-0.25, -0.2) is 17.2 Å². The zero-order valence-corrected chi connectivity index (χ0v) is 13.1. The van der Waals surface area contributed by atoms with E-state index in [2.05, 4.69) is 10.2 Å². The molecule has 0 bridgehead atoms. The first-order valence-corrected chi connectivity index (χ1v) is 8.34. The Morgan fingerprint density at radius 1 is 1.17 bits per heavy atom.